The van der Waals surface area contributed by atoms with Crippen LogP contribution < -0.4 is 0 Å². The van der Waals surface area contributed by atoms with Crippen molar-refractivity contribution in [3.05, 3.63) is 0 Å². The summed E-state index contributed by atoms with van der Waals surface area (Å²) in [7, 11) is 0. The Morgan fingerprint density at radius 2 is 1.69 bits per heavy atom. The van der Waals surface area contributed by atoms with E-state index in [0.717, 1.165) is 38.5 Å². The second-order valence-electron chi connectivity index (χ2n) is 12.4. The first-order chi connectivity index (χ1) is 15.0. The van der Waals surface area contributed by atoms with Crippen LogP contribution in [0.15, 0.2) is 0 Å². The van der Waals surface area contributed by atoms with Crippen molar-refractivity contribution >= 4 is 17.5 Å². The summed E-state index contributed by atoms with van der Waals surface area (Å²) in [5.41, 5.74) is -2.15. The zero-order valence-corrected chi connectivity index (χ0v) is 20.2. The molecule has 0 saturated heterocycles. The molecule has 5 fully saturated rings. The number of carbonyl (C=O) groups is 3. The molecule has 5 saturated carbocycles. The molecule has 0 aromatic rings. The highest BCUT2D eigenvalue weighted by molar-refractivity contribution is 5.90. The number of hydrogen-bond acceptors (Lipinski definition) is 5. The van der Waals surface area contributed by atoms with E-state index >= 15 is 0 Å². The third-order valence-corrected chi connectivity index (χ3v) is 11.6. The van der Waals surface area contributed by atoms with Crippen LogP contribution in [-0.4, -0.2) is 34.3 Å². The van der Waals surface area contributed by atoms with Crippen LogP contribution >= 0.6 is 0 Å². The van der Waals surface area contributed by atoms with Gasteiger partial charge in [0, 0.05) is 30.6 Å². The molecule has 0 aliphatic heterocycles. The summed E-state index contributed by atoms with van der Waals surface area (Å²) in [6, 6.07) is 0. The number of carbonyl (C=O) groups excluding carboxylic acids is 3. The Balaban J connectivity index is 1.50. The van der Waals surface area contributed by atoms with Crippen LogP contribution in [0.4, 0.5) is 0 Å². The maximum atomic E-state index is 13.6. The van der Waals surface area contributed by atoms with E-state index in [9.17, 15) is 19.5 Å². The molecule has 0 amide bonds. The van der Waals surface area contributed by atoms with Crippen LogP contribution in [0.5, 0.6) is 0 Å². The molecule has 5 rings (SSSR count). The SMILES string of the molecule is CC(=O)O[C@@H]1CC[C@]2(C)[C@H]3CC[C@]4(C)[C@H](C[C@H]5CCCC[C@@]54C(C)=O)[C@@H]3CC(=O)[C@@]2(O)C1. The number of aliphatic hydroxyl groups is 1. The minimum atomic E-state index is -1.41. The number of rotatable bonds is 2. The van der Waals surface area contributed by atoms with E-state index in [1.165, 1.54) is 13.3 Å². The summed E-state index contributed by atoms with van der Waals surface area (Å²) < 4.78 is 5.44. The Kier molecular flexibility index (Phi) is 5.03. The Hall–Kier alpha value is -1.23. The zero-order chi connectivity index (χ0) is 23.1. The van der Waals surface area contributed by atoms with E-state index in [2.05, 4.69) is 13.8 Å². The summed E-state index contributed by atoms with van der Waals surface area (Å²) in [6.07, 6.45) is 9.23. The third kappa shape index (κ3) is 2.63. The van der Waals surface area contributed by atoms with Crippen LogP contribution in [0.3, 0.4) is 0 Å². The van der Waals surface area contributed by atoms with Crippen molar-refractivity contribution in [1.29, 1.82) is 0 Å². The van der Waals surface area contributed by atoms with Gasteiger partial charge in [0.1, 0.15) is 17.5 Å². The predicted octanol–water partition coefficient (Wildman–Crippen LogP) is 4.63. The van der Waals surface area contributed by atoms with Gasteiger partial charge in [-0.3, -0.25) is 14.4 Å². The molecule has 5 aliphatic carbocycles. The molecule has 178 valence electrons. The molecule has 0 bridgehead atoms. The van der Waals surface area contributed by atoms with E-state index in [4.69, 9.17) is 4.74 Å². The number of Topliss-reactive ketones (excluding diaryl/α,β-unsaturated/α-hetero) is 2. The van der Waals surface area contributed by atoms with Crippen molar-refractivity contribution in [3.8, 4) is 0 Å². The first kappa shape index (κ1) is 22.6. The Morgan fingerprint density at radius 3 is 2.38 bits per heavy atom. The van der Waals surface area contributed by atoms with E-state index in [1.54, 1.807) is 0 Å². The average molecular weight is 445 g/mol. The second kappa shape index (κ2) is 7.13. The number of ketones is 2. The molecule has 0 aromatic carbocycles. The minimum Gasteiger partial charge on any atom is -0.462 e. The molecule has 0 aromatic heterocycles. The van der Waals surface area contributed by atoms with Gasteiger partial charge in [-0.2, -0.15) is 0 Å². The third-order valence-electron chi connectivity index (χ3n) is 11.6. The Bertz CT molecular complexity index is 851. The lowest BCUT2D eigenvalue weighted by Crippen LogP contribution is -2.67. The number of ether oxygens (including phenoxy) is 1. The molecule has 0 heterocycles. The van der Waals surface area contributed by atoms with Crippen molar-refractivity contribution in [3.63, 3.8) is 0 Å². The fourth-order valence-corrected chi connectivity index (χ4v) is 10.1. The number of hydrogen-bond donors (Lipinski definition) is 1. The largest absolute Gasteiger partial charge is 0.462 e. The maximum Gasteiger partial charge on any atom is 0.302 e. The van der Waals surface area contributed by atoms with Gasteiger partial charge in [-0.25, -0.2) is 0 Å². The van der Waals surface area contributed by atoms with E-state index in [1.807, 2.05) is 6.92 Å². The van der Waals surface area contributed by atoms with Crippen LogP contribution in [0.2, 0.25) is 0 Å². The highest BCUT2D eigenvalue weighted by Gasteiger charge is 2.72. The summed E-state index contributed by atoms with van der Waals surface area (Å²) in [5, 5.41) is 11.8. The van der Waals surface area contributed by atoms with Crippen molar-refractivity contribution in [2.45, 2.75) is 110 Å². The van der Waals surface area contributed by atoms with Crippen molar-refractivity contribution < 1.29 is 24.2 Å². The van der Waals surface area contributed by atoms with Crippen molar-refractivity contribution in [1.82, 2.24) is 0 Å². The summed E-state index contributed by atoms with van der Waals surface area (Å²) in [6.45, 7) is 7.70. The highest BCUT2D eigenvalue weighted by atomic mass is 16.5. The van der Waals surface area contributed by atoms with Gasteiger partial charge in [-0.05, 0) is 81.0 Å². The summed E-state index contributed by atoms with van der Waals surface area (Å²) in [4.78, 5) is 38.3. The van der Waals surface area contributed by atoms with Gasteiger partial charge in [0.15, 0.2) is 5.78 Å². The van der Waals surface area contributed by atoms with Crippen LogP contribution in [-0.2, 0) is 19.1 Å². The van der Waals surface area contributed by atoms with Gasteiger partial charge in [0.25, 0.3) is 0 Å². The van der Waals surface area contributed by atoms with E-state index < -0.39 is 11.0 Å². The Labute approximate surface area is 192 Å². The molecule has 5 heteroatoms. The lowest BCUT2D eigenvalue weighted by molar-refractivity contribution is -0.219. The van der Waals surface area contributed by atoms with Gasteiger partial charge >= 0.3 is 5.97 Å². The fourth-order valence-electron chi connectivity index (χ4n) is 10.1. The topological polar surface area (TPSA) is 80.7 Å². The summed E-state index contributed by atoms with van der Waals surface area (Å²) >= 11 is 0. The molecular weight excluding hydrogens is 404 g/mol. The van der Waals surface area contributed by atoms with E-state index in [-0.39, 0.29) is 46.9 Å². The lowest BCUT2D eigenvalue weighted by atomic mass is 9.41. The van der Waals surface area contributed by atoms with Crippen LogP contribution in [0, 0.1) is 39.9 Å². The molecule has 0 unspecified atom stereocenters. The lowest BCUT2D eigenvalue weighted by Gasteiger charge is -2.64. The number of fused-ring (bicyclic) bond motifs is 7. The van der Waals surface area contributed by atoms with Gasteiger partial charge < -0.3 is 9.84 Å². The van der Waals surface area contributed by atoms with Gasteiger partial charge in [0.2, 0.25) is 0 Å². The second-order valence-corrected chi connectivity index (χ2v) is 12.4. The molecule has 5 aliphatic rings. The number of esters is 1. The average Bonchev–Trinajstić information content (AvgIpc) is 3.00. The van der Waals surface area contributed by atoms with Crippen molar-refractivity contribution in [2.75, 3.05) is 0 Å². The predicted molar refractivity (Wildman–Crippen MR) is 120 cm³/mol. The molecule has 1 N–H and O–H groups in total. The van der Waals surface area contributed by atoms with Crippen LogP contribution in [0.25, 0.3) is 0 Å². The maximum absolute atomic E-state index is 13.6. The summed E-state index contributed by atoms with van der Waals surface area (Å²) in [5.74, 6) is 1.33. The molecular formula is C27H40O5. The first-order valence-corrected chi connectivity index (χ1v) is 12.9. The van der Waals surface area contributed by atoms with Crippen LogP contribution in [0.1, 0.15) is 98.3 Å². The van der Waals surface area contributed by atoms with Gasteiger partial charge in [0.05, 0.1) is 0 Å². The fraction of sp³-hybridized carbons (Fsp3) is 0.889. The first-order valence-electron chi connectivity index (χ1n) is 12.9. The van der Waals surface area contributed by atoms with E-state index in [0.29, 0.717) is 36.9 Å². The van der Waals surface area contributed by atoms with Gasteiger partial charge in [-0.1, -0.05) is 26.7 Å². The van der Waals surface area contributed by atoms with Crippen molar-refractivity contribution in [2.24, 2.45) is 39.9 Å². The monoisotopic (exact) mass is 444 g/mol. The standard InChI is InChI=1S/C27H40O5/c1-16(28)26-10-6-5-7-18(26)13-22-20-14-23(30)27(31)15-19(32-17(2)29)8-11-25(27,4)21(20)9-12-24(22,26)3/h18-22,31H,5-15H2,1-4H3/t18-,19-,20-,21+,22-,24-,25-,26-,27+/m1/s1. The molecule has 0 radical (unpaired) electrons. The van der Waals surface area contributed by atoms with Gasteiger partial charge in [-0.15, -0.1) is 0 Å². The zero-order valence-electron chi connectivity index (χ0n) is 20.2. The molecule has 9 atom stereocenters. The molecule has 5 nitrogen and oxygen atoms in total. The quantitative estimate of drug-likeness (QED) is 0.628. The normalized spacial score (nSPS) is 52.3. The smallest absolute Gasteiger partial charge is 0.302 e. The molecule has 0 spiro atoms. The Morgan fingerprint density at radius 1 is 0.969 bits per heavy atom. The molecule has 32 heavy (non-hydrogen) atoms. The minimum absolute atomic E-state index is 0.0356. The highest BCUT2D eigenvalue weighted by Crippen LogP contribution is 2.74.